The van der Waals surface area contributed by atoms with Gasteiger partial charge in [0.2, 0.25) is 0 Å². The average molecular weight is 496 g/mol. The fraction of sp³-hybridized carbons (Fsp3) is 0.161. The molecule has 0 saturated carbocycles. The lowest BCUT2D eigenvalue weighted by Gasteiger charge is -2.38. The summed E-state index contributed by atoms with van der Waals surface area (Å²) < 4.78 is 2.36. The molecule has 6 heterocycles. The molecule has 9 rings (SSSR count). The van der Waals surface area contributed by atoms with Crippen LogP contribution in [0.25, 0.3) is 17.1 Å². The zero-order valence-electron chi connectivity index (χ0n) is 20.5. The summed E-state index contributed by atoms with van der Waals surface area (Å²) in [6, 6.07) is 21.5. The lowest BCUT2D eigenvalue weighted by Crippen LogP contribution is -2.48. The van der Waals surface area contributed by atoms with Gasteiger partial charge in [0, 0.05) is 17.4 Å². The molecular weight excluding hydrogens is 470 g/mol. The third kappa shape index (κ3) is 2.71. The second-order valence-electron chi connectivity index (χ2n) is 10.4. The highest BCUT2D eigenvalue weighted by Gasteiger charge is 2.46. The van der Waals surface area contributed by atoms with Gasteiger partial charge in [0.25, 0.3) is 0 Å². The lowest BCUT2D eigenvalue weighted by atomic mass is 10.1. The molecule has 184 valence electrons. The molecule has 5 atom stereocenters. The highest BCUT2D eigenvalue weighted by Crippen LogP contribution is 2.50. The maximum atomic E-state index is 5.10. The van der Waals surface area contributed by atoms with Gasteiger partial charge in [0.15, 0.2) is 0 Å². The normalized spacial score (nSPS) is 27.3. The first-order chi connectivity index (χ1) is 18.8. The van der Waals surface area contributed by atoms with Crippen molar-refractivity contribution < 1.29 is 0 Å². The predicted molar refractivity (Wildman–Crippen MR) is 150 cm³/mol. The number of allylic oxidation sites excluding steroid dienone is 2. The van der Waals surface area contributed by atoms with Crippen LogP contribution in [0.3, 0.4) is 0 Å². The highest BCUT2D eigenvalue weighted by atomic mass is 15.4. The lowest BCUT2D eigenvalue weighted by molar-refractivity contribution is 0.509. The molecular formula is C31H25N7. The fourth-order valence-corrected chi connectivity index (χ4v) is 6.74. The van der Waals surface area contributed by atoms with E-state index in [1.54, 1.807) is 0 Å². The molecule has 2 aromatic carbocycles. The molecule has 5 unspecified atom stereocenters. The Balaban J connectivity index is 1.20. The highest BCUT2D eigenvalue weighted by molar-refractivity contribution is 5.99. The Morgan fingerprint density at radius 1 is 0.868 bits per heavy atom. The van der Waals surface area contributed by atoms with Crippen molar-refractivity contribution in [2.45, 2.75) is 30.6 Å². The van der Waals surface area contributed by atoms with Crippen molar-refractivity contribution in [1.82, 2.24) is 14.9 Å². The Morgan fingerprint density at radius 2 is 1.79 bits per heavy atom. The number of hydrogen-bond donors (Lipinski definition) is 3. The number of anilines is 3. The van der Waals surface area contributed by atoms with Gasteiger partial charge < -0.3 is 20.1 Å². The van der Waals surface area contributed by atoms with Crippen molar-refractivity contribution in [3.8, 4) is 0 Å². The van der Waals surface area contributed by atoms with Crippen LogP contribution in [0.5, 0.6) is 0 Å². The van der Waals surface area contributed by atoms with Gasteiger partial charge in [-0.3, -0.25) is 15.3 Å². The summed E-state index contributed by atoms with van der Waals surface area (Å²) in [7, 11) is 0. The van der Waals surface area contributed by atoms with Crippen molar-refractivity contribution in [2.75, 3.05) is 15.5 Å². The molecule has 4 aliphatic heterocycles. The van der Waals surface area contributed by atoms with Crippen LogP contribution in [-0.2, 0) is 0 Å². The summed E-state index contributed by atoms with van der Waals surface area (Å²) >= 11 is 0. The van der Waals surface area contributed by atoms with Crippen molar-refractivity contribution in [2.24, 2.45) is 4.99 Å². The van der Waals surface area contributed by atoms with Crippen molar-refractivity contribution >= 4 is 34.3 Å². The Morgan fingerprint density at radius 3 is 2.74 bits per heavy atom. The van der Waals surface area contributed by atoms with Gasteiger partial charge in [-0.1, -0.05) is 60.7 Å². The zero-order valence-corrected chi connectivity index (χ0v) is 20.5. The third-order valence-electron chi connectivity index (χ3n) is 8.37. The van der Waals surface area contributed by atoms with E-state index in [0.717, 1.165) is 27.9 Å². The van der Waals surface area contributed by atoms with Crippen LogP contribution >= 0.6 is 0 Å². The van der Waals surface area contributed by atoms with Crippen molar-refractivity contribution in [1.29, 1.82) is 0 Å². The Labute approximate surface area is 219 Å². The van der Waals surface area contributed by atoms with E-state index in [1.807, 2.05) is 12.3 Å². The number of nitrogens with zero attached hydrogens (tertiary/aromatic N) is 4. The van der Waals surface area contributed by atoms with Crippen LogP contribution < -0.4 is 31.4 Å². The summed E-state index contributed by atoms with van der Waals surface area (Å²) in [5.41, 5.74) is 6.89. The van der Waals surface area contributed by atoms with Crippen LogP contribution in [0.1, 0.15) is 17.8 Å². The van der Waals surface area contributed by atoms with E-state index in [-0.39, 0.29) is 30.6 Å². The summed E-state index contributed by atoms with van der Waals surface area (Å²) in [6.45, 7) is 0. The number of pyridine rings is 1. The standard InChI is InChI=1S/C31H25N7/c1-4-11-21-18(8-1)16-25(33-21)37-23-13-6-3-10-20(23)27-30(37)36-29-28-24(14-7-15-32-28)38(31(29)35-27)26-17-19-9-2-5-12-22(19)34-26/h1-17,22,25-27,30,34-36H. The summed E-state index contributed by atoms with van der Waals surface area (Å²) in [5.74, 6) is 1.06. The molecule has 0 fully saturated rings. The van der Waals surface area contributed by atoms with Gasteiger partial charge in [-0.25, -0.2) is 0 Å². The van der Waals surface area contributed by atoms with E-state index < -0.39 is 0 Å². The van der Waals surface area contributed by atoms with Gasteiger partial charge in [-0.05, 0) is 47.2 Å². The Hall–Kier alpha value is -4.62. The number of hydrogen-bond acceptors (Lipinski definition) is 6. The van der Waals surface area contributed by atoms with Gasteiger partial charge in [0.1, 0.15) is 35.5 Å². The minimum Gasteiger partial charge on any atom is -0.359 e. The number of benzene rings is 2. The number of fused-ring (bicyclic) bond motifs is 8. The summed E-state index contributed by atoms with van der Waals surface area (Å²) in [5, 5.41) is 13.9. The molecule has 38 heavy (non-hydrogen) atoms. The minimum atomic E-state index is -0.0800. The molecule has 0 saturated heterocycles. The van der Waals surface area contributed by atoms with Gasteiger partial charge in [-0.15, -0.1) is 0 Å². The van der Waals surface area contributed by atoms with E-state index in [1.165, 1.54) is 22.0 Å². The van der Waals surface area contributed by atoms with Gasteiger partial charge >= 0.3 is 0 Å². The first-order valence-electron chi connectivity index (χ1n) is 13.2. The SMILES string of the molecule is C1=CC2=CC(n3c4c(c5ncccc53)NC3C(N4)c4ccccc4N3C3C=c4ccccc4=N3)NC2C=C1. The van der Waals surface area contributed by atoms with Crippen molar-refractivity contribution in [3.63, 3.8) is 0 Å². The molecule has 0 radical (unpaired) electrons. The molecule has 0 amide bonds. The molecule has 7 nitrogen and oxygen atoms in total. The molecule has 2 aromatic heterocycles. The number of para-hydroxylation sites is 2. The summed E-state index contributed by atoms with van der Waals surface area (Å²) in [6.07, 6.45) is 15.0. The van der Waals surface area contributed by atoms with Crippen LogP contribution in [0.4, 0.5) is 17.2 Å². The summed E-state index contributed by atoms with van der Waals surface area (Å²) in [4.78, 5) is 12.4. The first kappa shape index (κ1) is 20.4. The molecule has 1 aliphatic carbocycles. The molecule has 7 heteroatoms. The average Bonchev–Trinajstić information content (AvgIpc) is 3.71. The van der Waals surface area contributed by atoms with Crippen LogP contribution in [-0.4, -0.2) is 27.9 Å². The Kier molecular flexibility index (Phi) is 4.01. The second kappa shape index (κ2) is 7.46. The van der Waals surface area contributed by atoms with E-state index in [4.69, 9.17) is 9.98 Å². The minimum absolute atomic E-state index is 0.0105. The maximum Gasteiger partial charge on any atom is 0.143 e. The predicted octanol–water partition coefficient (Wildman–Crippen LogP) is 3.72. The fourth-order valence-electron chi connectivity index (χ4n) is 6.74. The second-order valence-corrected chi connectivity index (χ2v) is 10.4. The zero-order chi connectivity index (χ0) is 24.8. The van der Waals surface area contributed by atoms with Crippen molar-refractivity contribution in [3.05, 3.63) is 119 Å². The first-order valence-corrected chi connectivity index (χ1v) is 13.2. The third-order valence-corrected chi connectivity index (χ3v) is 8.37. The van der Waals surface area contributed by atoms with E-state index in [2.05, 4.69) is 116 Å². The smallest absolute Gasteiger partial charge is 0.143 e. The van der Waals surface area contributed by atoms with Crippen LogP contribution in [0.15, 0.2) is 108 Å². The van der Waals surface area contributed by atoms with Gasteiger partial charge in [0.05, 0.1) is 23.0 Å². The monoisotopic (exact) mass is 495 g/mol. The number of aromatic nitrogens is 2. The Bertz CT molecular complexity index is 1830. The van der Waals surface area contributed by atoms with Crippen LogP contribution in [0, 0.1) is 0 Å². The quantitative estimate of drug-likeness (QED) is 0.396. The molecule has 5 aliphatic rings. The van der Waals surface area contributed by atoms with E-state index in [9.17, 15) is 0 Å². The van der Waals surface area contributed by atoms with Crippen LogP contribution in [0.2, 0.25) is 0 Å². The van der Waals surface area contributed by atoms with E-state index in [0.29, 0.717) is 0 Å². The molecule has 0 bridgehead atoms. The van der Waals surface area contributed by atoms with Gasteiger partial charge in [-0.2, -0.15) is 0 Å². The largest absolute Gasteiger partial charge is 0.359 e. The molecule has 0 spiro atoms. The number of nitrogens with one attached hydrogen (secondary N) is 3. The number of rotatable bonds is 2. The molecule has 4 aromatic rings. The van der Waals surface area contributed by atoms with E-state index >= 15 is 0 Å². The molecule has 3 N–H and O–H groups in total. The topological polar surface area (TPSA) is 69.5 Å². The maximum absolute atomic E-state index is 5.10.